The van der Waals surface area contributed by atoms with Crippen LogP contribution in [0, 0.1) is 0 Å². The van der Waals surface area contributed by atoms with Crippen LogP contribution in [-0.2, 0) is 26.2 Å². The van der Waals surface area contributed by atoms with E-state index >= 15 is 0 Å². The summed E-state index contributed by atoms with van der Waals surface area (Å²) >= 11 is 0. The summed E-state index contributed by atoms with van der Waals surface area (Å²) in [6, 6.07) is 18.1. The first-order valence-electron chi connectivity index (χ1n) is 10.6. The van der Waals surface area contributed by atoms with Crippen molar-refractivity contribution in [1.29, 1.82) is 0 Å². The summed E-state index contributed by atoms with van der Waals surface area (Å²) in [5.41, 5.74) is 3.52. The molecule has 0 bridgehead atoms. The summed E-state index contributed by atoms with van der Waals surface area (Å²) in [5, 5.41) is 6.76. The Morgan fingerprint density at radius 1 is 0.909 bits per heavy atom. The maximum absolute atomic E-state index is 5.48. The Morgan fingerprint density at radius 3 is 2.27 bits per heavy atom. The number of benzene rings is 2. The van der Waals surface area contributed by atoms with E-state index < -0.39 is 0 Å². The molecule has 0 unspecified atom stereocenters. The van der Waals surface area contributed by atoms with Gasteiger partial charge >= 0.3 is 0 Å². The first kappa shape index (κ1) is 26.5. The molecule has 2 aromatic carbocycles. The summed E-state index contributed by atoms with van der Waals surface area (Å²) in [6.45, 7) is 2.85. The standard InChI is InChI=1S/C25H32N4O3.HI/c1-26-25(28-16-20-11-12-22(30-3)14-24(20)31-4)27-15-19-8-5-6-9-21(19)17-29(2)18-23-10-7-13-32-23;/h5-14H,15-18H2,1-4H3,(H2,26,27,28);1H. The minimum absolute atomic E-state index is 0. The van der Waals surface area contributed by atoms with Gasteiger partial charge in [0.2, 0.25) is 0 Å². The highest BCUT2D eigenvalue weighted by atomic mass is 127. The molecule has 0 saturated carbocycles. The molecular formula is C25H33IN4O3. The Labute approximate surface area is 213 Å². The van der Waals surface area contributed by atoms with Gasteiger partial charge in [0.05, 0.1) is 27.0 Å². The van der Waals surface area contributed by atoms with Gasteiger partial charge in [0.25, 0.3) is 0 Å². The number of rotatable bonds is 10. The van der Waals surface area contributed by atoms with Gasteiger partial charge in [-0.05, 0) is 42.4 Å². The average molecular weight is 564 g/mol. The third-order valence-electron chi connectivity index (χ3n) is 5.17. The first-order chi connectivity index (χ1) is 15.6. The second-order valence-electron chi connectivity index (χ2n) is 7.48. The van der Waals surface area contributed by atoms with E-state index in [1.54, 1.807) is 27.5 Å². The summed E-state index contributed by atoms with van der Waals surface area (Å²) in [6.07, 6.45) is 1.71. The SMILES string of the molecule is CN=C(NCc1ccccc1CN(C)Cc1ccco1)NCc1ccc(OC)cc1OC.I. The van der Waals surface area contributed by atoms with Crippen molar-refractivity contribution in [2.24, 2.45) is 4.99 Å². The summed E-state index contributed by atoms with van der Waals surface area (Å²) in [4.78, 5) is 6.59. The van der Waals surface area contributed by atoms with Crippen LogP contribution in [0.15, 0.2) is 70.3 Å². The van der Waals surface area contributed by atoms with Crippen molar-refractivity contribution in [2.75, 3.05) is 28.3 Å². The lowest BCUT2D eigenvalue weighted by Crippen LogP contribution is -2.36. The predicted octanol–water partition coefficient (Wildman–Crippen LogP) is 4.41. The van der Waals surface area contributed by atoms with Gasteiger partial charge in [-0.1, -0.05) is 24.3 Å². The number of ether oxygens (including phenoxy) is 2. The second-order valence-corrected chi connectivity index (χ2v) is 7.48. The minimum Gasteiger partial charge on any atom is -0.497 e. The maximum Gasteiger partial charge on any atom is 0.191 e. The van der Waals surface area contributed by atoms with Gasteiger partial charge in [0.15, 0.2) is 5.96 Å². The highest BCUT2D eigenvalue weighted by Gasteiger charge is 2.09. The molecule has 8 heteroatoms. The third-order valence-corrected chi connectivity index (χ3v) is 5.17. The van der Waals surface area contributed by atoms with Crippen LogP contribution >= 0.6 is 24.0 Å². The van der Waals surface area contributed by atoms with E-state index in [2.05, 4.69) is 51.8 Å². The Hall–Kier alpha value is -2.72. The van der Waals surface area contributed by atoms with Crippen molar-refractivity contribution in [3.63, 3.8) is 0 Å². The van der Waals surface area contributed by atoms with Crippen molar-refractivity contribution in [2.45, 2.75) is 26.2 Å². The zero-order chi connectivity index (χ0) is 22.8. The summed E-state index contributed by atoms with van der Waals surface area (Å²) in [5.74, 6) is 3.22. The highest BCUT2D eigenvalue weighted by molar-refractivity contribution is 14.0. The lowest BCUT2D eigenvalue weighted by Gasteiger charge is -2.19. The molecule has 7 nitrogen and oxygen atoms in total. The molecule has 1 heterocycles. The zero-order valence-electron chi connectivity index (χ0n) is 19.6. The maximum atomic E-state index is 5.48. The van der Waals surface area contributed by atoms with Crippen LogP contribution in [0.2, 0.25) is 0 Å². The monoisotopic (exact) mass is 564 g/mol. The van der Waals surface area contributed by atoms with Crippen molar-refractivity contribution < 1.29 is 13.9 Å². The van der Waals surface area contributed by atoms with Gasteiger partial charge in [0, 0.05) is 38.3 Å². The van der Waals surface area contributed by atoms with Crippen molar-refractivity contribution in [1.82, 2.24) is 15.5 Å². The highest BCUT2D eigenvalue weighted by Crippen LogP contribution is 2.24. The fourth-order valence-corrected chi connectivity index (χ4v) is 3.48. The van der Waals surface area contributed by atoms with Gasteiger partial charge < -0.3 is 24.5 Å². The van der Waals surface area contributed by atoms with E-state index in [0.717, 1.165) is 41.9 Å². The quantitative estimate of drug-likeness (QED) is 0.216. The molecule has 0 aliphatic heterocycles. The molecule has 3 aromatic rings. The Morgan fingerprint density at radius 2 is 1.64 bits per heavy atom. The number of hydrogen-bond donors (Lipinski definition) is 2. The lowest BCUT2D eigenvalue weighted by molar-refractivity contribution is 0.287. The number of furan rings is 1. The molecule has 0 radical (unpaired) electrons. The van der Waals surface area contributed by atoms with E-state index in [4.69, 9.17) is 13.9 Å². The van der Waals surface area contributed by atoms with Crippen LogP contribution in [-0.4, -0.2) is 39.2 Å². The molecule has 0 fully saturated rings. The van der Waals surface area contributed by atoms with Gasteiger partial charge in [-0.2, -0.15) is 0 Å². The van der Waals surface area contributed by atoms with E-state index in [1.165, 1.54) is 11.1 Å². The van der Waals surface area contributed by atoms with Crippen LogP contribution in [0.3, 0.4) is 0 Å². The van der Waals surface area contributed by atoms with Crippen LogP contribution in [0.5, 0.6) is 11.5 Å². The van der Waals surface area contributed by atoms with Crippen LogP contribution < -0.4 is 20.1 Å². The second kappa shape index (κ2) is 13.7. The van der Waals surface area contributed by atoms with Gasteiger partial charge in [0.1, 0.15) is 17.3 Å². The van der Waals surface area contributed by atoms with Crippen molar-refractivity contribution in [3.8, 4) is 11.5 Å². The molecule has 33 heavy (non-hydrogen) atoms. The smallest absolute Gasteiger partial charge is 0.191 e. The van der Waals surface area contributed by atoms with Crippen LogP contribution in [0.1, 0.15) is 22.5 Å². The minimum atomic E-state index is 0. The predicted molar refractivity (Wildman–Crippen MR) is 142 cm³/mol. The molecule has 0 saturated heterocycles. The van der Waals surface area contributed by atoms with Crippen LogP contribution in [0.25, 0.3) is 0 Å². The fourth-order valence-electron chi connectivity index (χ4n) is 3.48. The molecule has 0 aliphatic rings. The summed E-state index contributed by atoms with van der Waals surface area (Å²) < 4.78 is 16.2. The normalized spacial score (nSPS) is 11.1. The lowest BCUT2D eigenvalue weighted by atomic mass is 10.1. The number of nitrogens with zero attached hydrogens (tertiary/aromatic N) is 2. The van der Waals surface area contributed by atoms with Crippen molar-refractivity contribution in [3.05, 3.63) is 83.3 Å². The number of halogens is 1. The molecule has 1 aromatic heterocycles. The molecule has 0 atom stereocenters. The van der Waals surface area contributed by atoms with Gasteiger partial charge in [-0.15, -0.1) is 24.0 Å². The Kier molecular flexibility index (Phi) is 11.0. The zero-order valence-corrected chi connectivity index (χ0v) is 22.0. The Bertz CT molecular complexity index is 1010. The van der Waals surface area contributed by atoms with Gasteiger partial charge in [-0.25, -0.2) is 0 Å². The molecule has 0 aliphatic carbocycles. The number of aliphatic imine (C=N–C) groups is 1. The van der Waals surface area contributed by atoms with E-state index in [1.807, 2.05) is 30.3 Å². The molecular weight excluding hydrogens is 531 g/mol. The van der Waals surface area contributed by atoms with E-state index in [0.29, 0.717) is 13.1 Å². The first-order valence-corrected chi connectivity index (χ1v) is 10.6. The molecule has 0 amide bonds. The topological polar surface area (TPSA) is 71.3 Å². The number of guanidine groups is 1. The number of nitrogens with one attached hydrogen (secondary N) is 2. The molecule has 178 valence electrons. The largest absolute Gasteiger partial charge is 0.497 e. The number of hydrogen-bond acceptors (Lipinski definition) is 5. The summed E-state index contributed by atoms with van der Waals surface area (Å²) in [7, 11) is 7.16. The Balaban J connectivity index is 0.00000385. The fraction of sp³-hybridized carbons (Fsp3) is 0.320. The molecule has 0 spiro atoms. The van der Waals surface area contributed by atoms with Gasteiger partial charge in [-0.3, -0.25) is 9.89 Å². The van der Waals surface area contributed by atoms with Crippen molar-refractivity contribution >= 4 is 29.9 Å². The van der Waals surface area contributed by atoms with E-state index in [-0.39, 0.29) is 24.0 Å². The molecule has 3 rings (SSSR count). The van der Waals surface area contributed by atoms with Crippen LogP contribution in [0.4, 0.5) is 0 Å². The van der Waals surface area contributed by atoms with E-state index in [9.17, 15) is 0 Å². The molecule has 2 N–H and O–H groups in total. The third kappa shape index (κ3) is 7.97. The number of methoxy groups -OCH3 is 2. The average Bonchev–Trinajstić information content (AvgIpc) is 3.33.